The van der Waals surface area contributed by atoms with Gasteiger partial charge in [0.15, 0.2) is 0 Å². The van der Waals surface area contributed by atoms with Gasteiger partial charge in [-0.05, 0) is 29.8 Å². The van der Waals surface area contributed by atoms with Gasteiger partial charge in [0.1, 0.15) is 0 Å². The lowest BCUT2D eigenvalue weighted by Gasteiger charge is -1.99. The van der Waals surface area contributed by atoms with Gasteiger partial charge < -0.3 is 0 Å². The summed E-state index contributed by atoms with van der Waals surface area (Å²) in [6.07, 6.45) is 0. The molecule has 0 atom stereocenters. The first kappa shape index (κ1) is 7.69. The molecule has 0 saturated carbocycles. The minimum Gasteiger partial charge on any atom is -0.143 e. The van der Waals surface area contributed by atoms with Crippen molar-refractivity contribution in [2.45, 2.75) is 11.8 Å². The van der Waals surface area contributed by atoms with Crippen molar-refractivity contribution in [3.05, 3.63) is 42.0 Å². The molecule has 0 N–H and O–H groups in total. The summed E-state index contributed by atoms with van der Waals surface area (Å²) in [4.78, 5) is 1.02. The Morgan fingerprint density at radius 2 is 1.67 bits per heavy atom. The average molecular weight is 174 g/mol. The van der Waals surface area contributed by atoms with Crippen molar-refractivity contribution < 1.29 is 0 Å². The highest BCUT2D eigenvalue weighted by Gasteiger charge is 1.93. The highest BCUT2D eigenvalue weighted by Crippen LogP contribution is 2.19. The van der Waals surface area contributed by atoms with E-state index in [-0.39, 0.29) is 0 Å². The fourth-order valence-electron chi connectivity index (χ4n) is 1.35. The SMILES string of the molecule is Cc1ccc2ccc(S)cc2c1. The van der Waals surface area contributed by atoms with Crippen LogP contribution in [0.1, 0.15) is 5.56 Å². The van der Waals surface area contributed by atoms with Gasteiger partial charge in [-0.15, -0.1) is 12.6 Å². The average Bonchev–Trinajstić information content (AvgIpc) is 2.03. The largest absolute Gasteiger partial charge is 0.143 e. The van der Waals surface area contributed by atoms with Gasteiger partial charge in [-0.3, -0.25) is 0 Å². The van der Waals surface area contributed by atoms with Crippen molar-refractivity contribution >= 4 is 23.4 Å². The van der Waals surface area contributed by atoms with Gasteiger partial charge in [-0.2, -0.15) is 0 Å². The summed E-state index contributed by atoms with van der Waals surface area (Å²) >= 11 is 4.29. The number of benzene rings is 2. The fourth-order valence-corrected chi connectivity index (χ4v) is 1.57. The third-order valence-corrected chi connectivity index (χ3v) is 2.26. The summed E-state index contributed by atoms with van der Waals surface area (Å²) in [5.74, 6) is 0. The summed E-state index contributed by atoms with van der Waals surface area (Å²) in [5.41, 5.74) is 1.29. The van der Waals surface area contributed by atoms with Gasteiger partial charge >= 0.3 is 0 Å². The van der Waals surface area contributed by atoms with Crippen LogP contribution in [-0.2, 0) is 0 Å². The molecule has 1 heteroatoms. The monoisotopic (exact) mass is 174 g/mol. The maximum absolute atomic E-state index is 4.29. The molecule has 0 aliphatic rings. The van der Waals surface area contributed by atoms with Crippen LogP contribution in [0.4, 0.5) is 0 Å². The number of rotatable bonds is 0. The van der Waals surface area contributed by atoms with Crippen molar-refractivity contribution in [2.75, 3.05) is 0 Å². The molecule has 0 aliphatic carbocycles. The second-order valence-electron chi connectivity index (χ2n) is 3.03. The van der Waals surface area contributed by atoms with Crippen molar-refractivity contribution in [3.8, 4) is 0 Å². The van der Waals surface area contributed by atoms with E-state index in [2.05, 4.69) is 49.9 Å². The van der Waals surface area contributed by atoms with Crippen LogP contribution in [0.2, 0.25) is 0 Å². The Morgan fingerprint density at radius 3 is 2.50 bits per heavy atom. The molecule has 2 aromatic carbocycles. The highest BCUT2D eigenvalue weighted by atomic mass is 32.1. The molecule has 2 rings (SSSR count). The predicted molar refractivity (Wildman–Crippen MR) is 55.9 cm³/mol. The molecule has 0 heterocycles. The lowest BCUT2D eigenvalue weighted by molar-refractivity contribution is 1.47. The van der Waals surface area contributed by atoms with Crippen molar-refractivity contribution in [2.24, 2.45) is 0 Å². The first-order valence-electron chi connectivity index (χ1n) is 3.95. The Morgan fingerprint density at radius 1 is 0.917 bits per heavy atom. The van der Waals surface area contributed by atoms with E-state index in [1.54, 1.807) is 0 Å². The van der Waals surface area contributed by atoms with Gasteiger partial charge in [-0.1, -0.05) is 29.8 Å². The molecule has 0 fully saturated rings. The zero-order valence-corrected chi connectivity index (χ0v) is 7.81. The van der Waals surface area contributed by atoms with E-state index < -0.39 is 0 Å². The van der Waals surface area contributed by atoms with Gasteiger partial charge in [0, 0.05) is 4.90 Å². The van der Waals surface area contributed by atoms with E-state index in [4.69, 9.17) is 0 Å². The molecule has 0 bridgehead atoms. The zero-order chi connectivity index (χ0) is 8.55. The first-order valence-corrected chi connectivity index (χ1v) is 4.40. The number of aryl methyl sites for hydroxylation is 1. The zero-order valence-electron chi connectivity index (χ0n) is 6.91. The van der Waals surface area contributed by atoms with Crippen LogP contribution in [0.5, 0.6) is 0 Å². The fraction of sp³-hybridized carbons (Fsp3) is 0.0909. The molecule has 12 heavy (non-hydrogen) atoms. The first-order chi connectivity index (χ1) is 5.75. The molecule has 0 radical (unpaired) electrons. The third-order valence-electron chi connectivity index (χ3n) is 1.98. The van der Waals surface area contributed by atoms with Crippen LogP contribution in [-0.4, -0.2) is 0 Å². The van der Waals surface area contributed by atoms with E-state index in [0.29, 0.717) is 0 Å². The van der Waals surface area contributed by atoms with Crippen LogP contribution in [0.15, 0.2) is 41.3 Å². The van der Waals surface area contributed by atoms with Crippen molar-refractivity contribution in [1.29, 1.82) is 0 Å². The molecule has 0 aromatic heterocycles. The summed E-state index contributed by atoms with van der Waals surface area (Å²) in [6.45, 7) is 2.10. The summed E-state index contributed by atoms with van der Waals surface area (Å²) in [5, 5.41) is 2.54. The van der Waals surface area contributed by atoms with E-state index in [1.165, 1.54) is 16.3 Å². The van der Waals surface area contributed by atoms with Crippen LogP contribution in [0.3, 0.4) is 0 Å². The van der Waals surface area contributed by atoms with Crippen molar-refractivity contribution in [1.82, 2.24) is 0 Å². The Balaban J connectivity index is 2.80. The molecule has 0 saturated heterocycles. The Kier molecular flexibility index (Phi) is 1.81. The van der Waals surface area contributed by atoms with Crippen LogP contribution in [0, 0.1) is 6.92 Å². The molecule has 0 aliphatic heterocycles. The highest BCUT2D eigenvalue weighted by molar-refractivity contribution is 7.80. The van der Waals surface area contributed by atoms with E-state index >= 15 is 0 Å². The number of hydrogen-bond acceptors (Lipinski definition) is 1. The third kappa shape index (κ3) is 1.32. The summed E-state index contributed by atoms with van der Waals surface area (Å²) in [6, 6.07) is 12.6. The Labute approximate surface area is 77.6 Å². The molecular weight excluding hydrogens is 164 g/mol. The van der Waals surface area contributed by atoms with Gasteiger partial charge in [0.25, 0.3) is 0 Å². The van der Waals surface area contributed by atoms with E-state index in [1.807, 2.05) is 6.07 Å². The second kappa shape index (κ2) is 2.83. The molecule has 0 unspecified atom stereocenters. The number of fused-ring (bicyclic) bond motifs is 1. The predicted octanol–water partition coefficient (Wildman–Crippen LogP) is 3.44. The number of hydrogen-bond donors (Lipinski definition) is 1. The molecule has 0 nitrogen and oxygen atoms in total. The minimum atomic E-state index is 1.02. The van der Waals surface area contributed by atoms with Crippen LogP contribution < -0.4 is 0 Å². The second-order valence-corrected chi connectivity index (χ2v) is 3.55. The van der Waals surface area contributed by atoms with Gasteiger partial charge in [-0.25, -0.2) is 0 Å². The van der Waals surface area contributed by atoms with Gasteiger partial charge in [0.05, 0.1) is 0 Å². The summed E-state index contributed by atoms with van der Waals surface area (Å²) in [7, 11) is 0. The van der Waals surface area contributed by atoms with E-state index in [9.17, 15) is 0 Å². The smallest absolute Gasteiger partial charge is 0.00463 e. The standard InChI is InChI=1S/C11H10S/c1-8-2-3-9-4-5-11(12)7-10(9)6-8/h2-7,12H,1H3. The van der Waals surface area contributed by atoms with Crippen LogP contribution >= 0.6 is 12.6 Å². The van der Waals surface area contributed by atoms with Crippen LogP contribution in [0.25, 0.3) is 10.8 Å². The lowest BCUT2D eigenvalue weighted by Crippen LogP contribution is -1.75. The molecule has 60 valence electrons. The maximum atomic E-state index is 4.29. The molecule has 2 aromatic rings. The normalized spacial score (nSPS) is 10.5. The topological polar surface area (TPSA) is 0 Å². The number of thiol groups is 1. The quantitative estimate of drug-likeness (QED) is 0.581. The van der Waals surface area contributed by atoms with E-state index in [0.717, 1.165) is 4.90 Å². The molecule has 0 amide bonds. The maximum Gasteiger partial charge on any atom is 0.00463 e. The lowest BCUT2D eigenvalue weighted by atomic mass is 10.1. The molecule has 0 spiro atoms. The van der Waals surface area contributed by atoms with Crippen molar-refractivity contribution in [3.63, 3.8) is 0 Å². The molecular formula is C11H10S. The Hall–Kier alpha value is -0.950. The Bertz CT molecular complexity index is 382. The minimum absolute atomic E-state index is 1.02. The summed E-state index contributed by atoms with van der Waals surface area (Å²) < 4.78 is 0. The van der Waals surface area contributed by atoms with Gasteiger partial charge in [0.2, 0.25) is 0 Å².